The third-order valence-electron chi connectivity index (χ3n) is 10.1. The van der Waals surface area contributed by atoms with Gasteiger partial charge in [0.2, 0.25) is 5.91 Å². The molecule has 60 heavy (non-hydrogen) atoms. The van der Waals surface area contributed by atoms with E-state index in [1.54, 1.807) is 6.92 Å². The fraction of sp³-hybridized carbons (Fsp3) is 0.914. The molecule has 0 radical (unpaired) electrons. The quantitative estimate of drug-likeness (QED) is 0.0148. The summed E-state index contributed by atoms with van der Waals surface area (Å²) >= 11 is 0. The van der Waals surface area contributed by atoms with Gasteiger partial charge in [-0.2, -0.15) is 0 Å². The van der Waals surface area contributed by atoms with E-state index in [2.05, 4.69) is 20.7 Å². The molecule has 0 saturated carbocycles. The van der Waals surface area contributed by atoms with E-state index in [-0.39, 0.29) is 18.9 Å². The molecule has 25 heteroatoms. The molecular weight excluding hydrogens is 810 g/mol. The smallest absolute Gasteiger partial charge is 0.407 e. The van der Waals surface area contributed by atoms with Crippen LogP contribution in [0.1, 0.15) is 51.9 Å². The Morgan fingerprint density at radius 3 is 2.07 bits per heavy atom. The summed E-state index contributed by atoms with van der Waals surface area (Å²) in [7, 11) is 2.38. The lowest BCUT2D eigenvalue weighted by Crippen LogP contribution is -2.65. The van der Waals surface area contributed by atoms with Gasteiger partial charge in [-0.1, -0.05) is 11.5 Å². The van der Waals surface area contributed by atoms with Crippen molar-refractivity contribution in [3.63, 3.8) is 0 Å². The van der Waals surface area contributed by atoms with E-state index in [1.807, 2.05) is 0 Å². The van der Waals surface area contributed by atoms with Crippen molar-refractivity contribution in [3.05, 3.63) is 10.4 Å². The zero-order valence-corrected chi connectivity index (χ0v) is 33.7. The molecule has 0 aromatic heterocycles. The minimum Gasteiger partial charge on any atom is -0.464 e. The predicted octanol–water partition coefficient (Wildman–Crippen LogP) is -3.44. The van der Waals surface area contributed by atoms with Gasteiger partial charge in [0.25, 0.3) is 0 Å². The monoisotopic (exact) mass is 871 g/mol. The number of aliphatic hydroxyl groups is 8. The Balaban J connectivity index is 1.54. The average Bonchev–Trinajstić information content (AvgIpc) is 3.23. The van der Waals surface area contributed by atoms with E-state index >= 15 is 0 Å². The van der Waals surface area contributed by atoms with Crippen molar-refractivity contribution in [1.29, 1.82) is 0 Å². The Morgan fingerprint density at radius 1 is 0.733 bits per heavy atom. The first-order valence-electron chi connectivity index (χ1n) is 19.8. The molecule has 3 saturated heterocycles. The maximum atomic E-state index is 12.8. The molecular formula is C35H61N5O20. The van der Waals surface area contributed by atoms with Gasteiger partial charge in [-0.3, -0.25) is 4.79 Å². The number of rotatable bonds is 24. The van der Waals surface area contributed by atoms with Crippen LogP contribution in [0.5, 0.6) is 0 Å². The summed E-state index contributed by atoms with van der Waals surface area (Å²) in [6.07, 6.45) is -21.6. The number of methoxy groups -OCH3 is 2. The molecule has 346 valence electrons. The summed E-state index contributed by atoms with van der Waals surface area (Å²) < 4.78 is 48.5. The van der Waals surface area contributed by atoms with Crippen molar-refractivity contribution in [2.75, 3.05) is 53.7 Å². The highest BCUT2D eigenvalue weighted by atomic mass is 16.8. The second-order valence-corrected chi connectivity index (χ2v) is 14.3. The number of azide groups is 1. The van der Waals surface area contributed by atoms with Gasteiger partial charge in [-0.05, 0) is 44.6 Å². The molecule has 10 N–H and O–H groups in total. The Bertz CT molecular complexity index is 1340. The van der Waals surface area contributed by atoms with Gasteiger partial charge >= 0.3 is 12.1 Å². The van der Waals surface area contributed by atoms with Gasteiger partial charge in [0.05, 0.1) is 19.8 Å². The topological polar surface area (TPSA) is 369 Å². The summed E-state index contributed by atoms with van der Waals surface area (Å²) in [5.41, 5.74) is 8.30. The summed E-state index contributed by atoms with van der Waals surface area (Å²) in [4.78, 5) is 40.1. The molecule has 3 aliphatic rings. The zero-order valence-electron chi connectivity index (χ0n) is 33.7. The molecule has 0 aliphatic carbocycles. The minimum atomic E-state index is -1.89. The van der Waals surface area contributed by atoms with Crippen LogP contribution in [0.4, 0.5) is 4.79 Å². The van der Waals surface area contributed by atoms with Gasteiger partial charge in [0.15, 0.2) is 18.9 Å². The molecule has 25 nitrogen and oxygen atoms in total. The number of nitrogens with one attached hydrogen (secondary N) is 2. The van der Waals surface area contributed by atoms with Gasteiger partial charge in [0, 0.05) is 38.6 Å². The Labute approximate surface area is 345 Å². The lowest BCUT2D eigenvalue weighted by molar-refractivity contribution is -0.365. The van der Waals surface area contributed by atoms with Crippen LogP contribution >= 0.6 is 0 Å². The van der Waals surface area contributed by atoms with Crippen LogP contribution in [0.15, 0.2) is 5.11 Å². The third kappa shape index (κ3) is 14.8. The molecule has 16 atom stereocenters. The number of hydrogen-bond donors (Lipinski definition) is 10. The number of carbonyl (C=O) groups is 3. The van der Waals surface area contributed by atoms with Crippen LogP contribution in [-0.4, -0.2) is 211 Å². The first-order valence-corrected chi connectivity index (χ1v) is 19.8. The van der Waals surface area contributed by atoms with E-state index in [1.165, 1.54) is 14.2 Å². The molecule has 3 heterocycles. The Hall–Kier alpha value is -3.08. The second-order valence-electron chi connectivity index (χ2n) is 14.3. The number of carbonyl (C=O) groups excluding carboxylic acids is 3. The number of alkyl carbamates (subject to hydrolysis) is 1. The summed E-state index contributed by atoms with van der Waals surface area (Å²) in [5, 5.41) is 93.3. The lowest BCUT2D eigenvalue weighted by Gasteiger charge is -2.46. The number of aliphatic hydroxyl groups excluding tert-OH is 8. The van der Waals surface area contributed by atoms with Crippen molar-refractivity contribution in [1.82, 2.24) is 10.6 Å². The molecule has 3 rings (SSSR count). The SMILES string of the molecule is CCOC(=O)[C@H](CCCCNC(=O)CCCCCN=[N+]=[N-])NC(=O)OCC1O[C@@H](OCC2O[C@@H](O[C@@H]3C(O)[C@H](OC)OC(CO)[C@H]3O)C(O)[C@@H](OC)[C@@H]2O)C(O)[C@@H](O)[C@@H]1O. The zero-order chi connectivity index (χ0) is 44.4. The highest BCUT2D eigenvalue weighted by Gasteiger charge is 2.52. The summed E-state index contributed by atoms with van der Waals surface area (Å²) in [6, 6.07) is -1.13. The van der Waals surface area contributed by atoms with E-state index in [0.717, 1.165) is 6.42 Å². The van der Waals surface area contributed by atoms with Crippen LogP contribution in [0.25, 0.3) is 10.4 Å². The van der Waals surface area contributed by atoms with Gasteiger partial charge in [0.1, 0.15) is 85.9 Å². The van der Waals surface area contributed by atoms with E-state index in [0.29, 0.717) is 45.2 Å². The maximum Gasteiger partial charge on any atom is 0.407 e. The van der Waals surface area contributed by atoms with Crippen molar-refractivity contribution >= 4 is 18.0 Å². The summed E-state index contributed by atoms with van der Waals surface area (Å²) in [5.74, 6) is -0.886. The number of esters is 1. The van der Waals surface area contributed by atoms with E-state index < -0.39 is 130 Å². The fourth-order valence-electron chi connectivity index (χ4n) is 6.69. The Morgan fingerprint density at radius 2 is 1.40 bits per heavy atom. The number of ether oxygens (including phenoxy) is 9. The van der Waals surface area contributed by atoms with Crippen molar-refractivity contribution in [2.45, 2.75) is 150 Å². The van der Waals surface area contributed by atoms with Crippen molar-refractivity contribution in [3.8, 4) is 0 Å². The van der Waals surface area contributed by atoms with Gasteiger partial charge in [-0.15, -0.1) is 0 Å². The molecule has 0 bridgehead atoms. The normalized spacial score (nSPS) is 34.8. The highest BCUT2D eigenvalue weighted by Crippen LogP contribution is 2.31. The standard InChI is InChI=1S/C35H61N5O20/c1-4-54-31(50)17(10-7-9-12-37-21(42)11-6-5-8-13-38-40-36)39-35(51)56-16-19-22(43)25(46)26(47)33(58-19)55-15-20-24(45)29(52-2)27(48)34(59-20)60-30-23(44)18(14-41)57-32(53-3)28(30)49/h17-20,22-30,32-34,41,43-49H,4-16H2,1-3H3,(H,37,42)(H,39,51)/t17-,18?,19?,20?,22+,23+,24+,25-,26?,27?,28?,29-,30-,32+,33+,34-/m0/s1. The predicted molar refractivity (Wildman–Crippen MR) is 198 cm³/mol. The number of amides is 2. The lowest BCUT2D eigenvalue weighted by atomic mass is 9.96. The molecule has 2 amide bonds. The van der Waals surface area contributed by atoms with E-state index in [9.17, 15) is 55.2 Å². The van der Waals surface area contributed by atoms with Gasteiger partial charge < -0.3 is 94.1 Å². The fourth-order valence-corrected chi connectivity index (χ4v) is 6.69. The number of nitrogens with zero attached hydrogens (tertiary/aromatic N) is 3. The van der Waals surface area contributed by atoms with Crippen LogP contribution in [0, 0.1) is 0 Å². The van der Waals surface area contributed by atoms with Gasteiger partial charge in [-0.25, -0.2) is 9.59 Å². The number of hydrogen-bond acceptors (Lipinski definition) is 21. The highest BCUT2D eigenvalue weighted by molar-refractivity contribution is 5.81. The first-order chi connectivity index (χ1) is 28.7. The largest absolute Gasteiger partial charge is 0.464 e. The molecule has 3 fully saturated rings. The van der Waals surface area contributed by atoms with Crippen LogP contribution in [0.2, 0.25) is 0 Å². The van der Waals surface area contributed by atoms with Crippen LogP contribution in [-0.2, 0) is 52.2 Å². The van der Waals surface area contributed by atoms with Crippen LogP contribution in [0.3, 0.4) is 0 Å². The third-order valence-corrected chi connectivity index (χ3v) is 10.1. The summed E-state index contributed by atoms with van der Waals surface area (Å²) in [6.45, 7) is 0.302. The second kappa shape index (κ2) is 26.4. The number of unbranched alkanes of at least 4 members (excludes halogenated alkanes) is 3. The van der Waals surface area contributed by atoms with Crippen LogP contribution < -0.4 is 10.6 Å². The molecule has 0 aromatic rings. The van der Waals surface area contributed by atoms with Crippen molar-refractivity contribution in [2.24, 2.45) is 5.11 Å². The van der Waals surface area contributed by atoms with E-state index in [4.69, 9.17) is 48.2 Å². The molecule has 0 aromatic carbocycles. The Kier molecular flexibility index (Phi) is 22.6. The molecule has 3 aliphatic heterocycles. The molecule has 6 unspecified atom stereocenters. The minimum absolute atomic E-state index is 0.0278. The molecule has 0 spiro atoms. The maximum absolute atomic E-state index is 12.8. The van der Waals surface area contributed by atoms with Crippen molar-refractivity contribution < 1.29 is 97.9 Å². The first kappa shape index (κ1) is 51.3. The average molecular weight is 872 g/mol.